The predicted molar refractivity (Wildman–Crippen MR) is 82.6 cm³/mol. The zero-order valence-electron chi connectivity index (χ0n) is 10.6. The average molecular weight is 321 g/mol. The largest absolute Gasteiger partial charge is 0.493 e. The molecule has 4 heteroatoms. The zero-order chi connectivity index (χ0) is 13.3. The number of halogens is 1. The fourth-order valence-corrected chi connectivity index (χ4v) is 1.83. The van der Waals surface area contributed by atoms with Crippen LogP contribution in [0, 0.1) is 0 Å². The number of para-hydroxylation sites is 1. The molecule has 2 N–H and O–H groups in total. The van der Waals surface area contributed by atoms with E-state index in [-0.39, 0.29) is 0 Å². The van der Waals surface area contributed by atoms with Gasteiger partial charge >= 0.3 is 0 Å². The topological polar surface area (TPSA) is 33.3 Å². The van der Waals surface area contributed by atoms with Gasteiger partial charge in [-0.1, -0.05) is 46.3 Å². The zero-order valence-corrected chi connectivity index (χ0v) is 12.2. The average Bonchev–Trinajstić information content (AvgIpc) is 2.47. The number of hydrogen-bond donors (Lipinski definition) is 2. The predicted octanol–water partition coefficient (Wildman–Crippen LogP) is 3.58. The number of rotatable bonds is 7. The maximum atomic E-state index is 5.57. The van der Waals surface area contributed by atoms with Crippen LogP contribution < -0.4 is 15.6 Å². The third-order valence-electron chi connectivity index (χ3n) is 2.54. The molecule has 0 atom stereocenters. The van der Waals surface area contributed by atoms with Crippen molar-refractivity contribution in [1.29, 1.82) is 0 Å². The Morgan fingerprint density at radius 1 is 1.00 bits per heavy atom. The molecule has 0 aliphatic heterocycles. The molecule has 0 aliphatic rings. The van der Waals surface area contributed by atoms with Gasteiger partial charge in [0.2, 0.25) is 0 Å². The Hall–Kier alpha value is -1.52. The number of ether oxygens (including phenoxy) is 1. The molecule has 0 amide bonds. The van der Waals surface area contributed by atoms with E-state index in [0.29, 0.717) is 6.61 Å². The van der Waals surface area contributed by atoms with E-state index in [1.165, 1.54) is 5.56 Å². The number of hydrazine groups is 1. The lowest BCUT2D eigenvalue weighted by Crippen LogP contribution is -2.20. The Bertz CT molecular complexity index is 491. The van der Waals surface area contributed by atoms with E-state index in [0.717, 1.165) is 23.3 Å². The van der Waals surface area contributed by atoms with E-state index >= 15 is 0 Å². The monoisotopic (exact) mass is 320 g/mol. The highest BCUT2D eigenvalue weighted by molar-refractivity contribution is 9.09. The SMILES string of the molecule is BrCCOc1cccc(CNNc2ccccc2)c1. The highest BCUT2D eigenvalue weighted by Gasteiger charge is 1.97. The van der Waals surface area contributed by atoms with Gasteiger partial charge in [0.25, 0.3) is 0 Å². The van der Waals surface area contributed by atoms with Crippen molar-refractivity contribution in [1.82, 2.24) is 5.43 Å². The molecule has 0 heterocycles. The molecule has 2 aromatic carbocycles. The minimum Gasteiger partial charge on any atom is -0.493 e. The molecule has 0 bridgehead atoms. The van der Waals surface area contributed by atoms with Gasteiger partial charge in [-0.05, 0) is 29.8 Å². The van der Waals surface area contributed by atoms with Gasteiger partial charge in [0.1, 0.15) is 5.75 Å². The number of benzene rings is 2. The van der Waals surface area contributed by atoms with Gasteiger partial charge in [-0.3, -0.25) is 0 Å². The molecule has 0 unspecified atom stereocenters. The number of nitrogens with one attached hydrogen (secondary N) is 2. The fourth-order valence-electron chi connectivity index (χ4n) is 1.67. The smallest absolute Gasteiger partial charge is 0.119 e. The van der Waals surface area contributed by atoms with Crippen molar-refractivity contribution in [3.63, 3.8) is 0 Å². The second-order valence-electron chi connectivity index (χ2n) is 4.03. The van der Waals surface area contributed by atoms with Crippen LogP contribution in [0.4, 0.5) is 5.69 Å². The van der Waals surface area contributed by atoms with Crippen molar-refractivity contribution < 1.29 is 4.74 Å². The van der Waals surface area contributed by atoms with Gasteiger partial charge in [-0.2, -0.15) is 0 Å². The molecule has 19 heavy (non-hydrogen) atoms. The van der Waals surface area contributed by atoms with Gasteiger partial charge in [-0.15, -0.1) is 0 Å². The summed E-state index contributed by atoms with van der Waals surface area (Å²) in [6, 6.07) is 18.1. The van der Waals surface area contributed by atoms with Gasteiger partial charge in [0.05, 0.1) is 6.61 Å². The Morgan fingerprint density at radius 2 is 1.84 bits per heavy atom. The van der Waals surface area contributed by atoms with Crippen LogP contribution in [0.15, 0.2) is 54.6 Å². The summed E-state index contributed by atoms with van der Waals surface area (Å²) in [5, 5.41) is 0.838. The first kappa shape index (κ1) is 13.9. The van der Waals surface area contributed by atoms with Crippen LogP contribution in [0.1, 0.15) is 5.56 Å². The van der Waals surface area contributed by atoms with E-state index in [9.17, 15) is 0 Å². The first-order valence-electron chi connectivity index (χ1n) is 6.20. The van der Waals surface area contributed by atoms with Crippen LogP contribution in [0.3, 0.4) is 0 Å². The molecule has 0 radical (unpaired) electrons. The van der Waals surface area contributed by atoms with Crippen molar-refractivity contribution in [2.75, 3.05) is 17.4 Å². The summed E-state index contributed by atoms with van der Waals surface area (Å²) in [5.74, 6) is 0.901. The minimum atomic E-state index is 0.680. The standard InChI is InChI=1S/C15H17BrN2O/c16-9-10-19-15-8-4-5-13(11-15)12-17-18-14-6-2-1-3-7-14/h1-8,11,17-18H,9-10,12H2. The third kappa shape index (κ3) is 4.93. The van der Waals surface area contributed by atoms with E-state index in [4.69, 9.17) is 4.74 Å². The fraction of sp³-hybridized carbons (Fsp3) is 0.200. The summed E-state index contributed by atoms with van der Waals surface area (Å²) in [6.07, 6.45) is 0. The molecule has 2 rings (SSSR count). The molecule has 2 aromatic rings. The van der Waals surface area contributed by atoms with Crippen LogP contribution in [-0.4, -0.2) is 11.9 Å². The summed E-state index contributed by atoms with van der Waals surface area (Å²) in [5.41, 5.74) is 8.57. The summed E-state index contributed by atoms with van der Waals surface area (Å²) in [6.45, 7) is 1.42. The molecular weight excluding hydrogens is 304 g/mol. The first-order chi connectivity index (χ1) is 9.38. The number of hydrogen-bond acceptors (Lipinski definition) is 3. The summed E-state index contributed by atoms with van der Waals surface area (Å²) >= 11 is 3.35. The van der Waals surface area contributed by atoms with Crippen LogP contribution in [0.25, 0.3) is 0 Å². The minimum absolute atomic E-state index is 0.680. The molecule has 3 nitrogen and oxygen atoms in total. The Kier molecular flexibility index (Phi) is 5.72. The van der Waals surface area contributed by atoms with Crippen LogP contribution >= 0.6 is 15.9 Å². The highest BCUT2D eigenvalue weighted by Crippen LogP contribution is 2.13. The molecule has 100 valence electrons. The van der Waals surface area contributed by atoms with Gasteiger partial charge in [0, 0.05) is 17.6 Å². The summed E-state index contributed by atoms with van der Waals surface area (Å²) < 4.78 is 5.57. The van der Waals surface area contributed by atoms with Crippen LogP contribution in [0.5, 0.6) is 5.75 Å². The molecule has 0 saturated heterocycles. The lowest BCUT2D eigenvalue weighted by Gasteiger charge is -2.10. The normalized spacial score (nSPS) is 10.2. The van der Waals surface area contributed by atoms with Crippen molar-refractivity contribution in [3.8, 4) is 5.75 Å². The molecule has 0 aromatic heterocycles. The number of alkyl halides is 1. The molecule has 0 spiro atoms. The maximum absolute atomic E-state index is 5.57. The van der Waals surface area contributed by atoms with E-state index < -0.39 is 0 Å². The lowest BCUT2D eigenvalue weighted by atomic mass is 10.2. The molecular formula is C15H17BrN2O. The summed E-state index contributed by atoms with van der Waals surface area (Å²) in [7, 11) is 0. The Labute approximate surface area is 122 Å². The second-order valence-corrected chi connectivity index (χ2v) is 4.82. The first-order valence-corrected chi connectivity index (χ1v) is 7.32. The van der Waals surface area contributed by atoms with Gasteiger partial charge < -0.3 is 10.2 Å². The Balaban J connectivity index is 1.82. The third-order valence-corrected chi connectivity index (χ3v) is 2.87. The van der Waals surface area contributed by atoms with Gasteiger partial charge in [0.15, 0.2) is 0 Å². The van der Waals surface area contributed by atoms with Crippen molar-refractivity contribution in [3.05, 3.63) is 60.2 Å². The summed E-state index contributed by atoms with van der Waals surface area (Å²) in [4.78, 5) is 0. The van der Waals surface area contributed by atoms with E-state index in [1.54, 1.807) is 0 Å². The van der Waals surface area contributed by atoms with Crippen molar-refractivity contribution in [2.45, 2.75) is 6.54 Å². The van der Waals surface area contributed by atoms with Crippen LogP contribution in [0.2, 0.25) is 0 Å². The molecule has 0 aliphatic carbocycles. The van der Waals surface area contributed by atoms with Crippen molar-refractivity contribution >= 4 is 21.6 Å². The van der Waals surface area contributed by atoms with E-state index in [1.807, 2.05) is 48.5 Å². The van der Waals surface area contributed by atoms with Crippen LogP contribution in [-0.2, 0) is 6.54 Å². The Morgan fingerprint density at radius 3 is 2.63 bits per heavy atom. The quantitative estimate of drug-likeness (QED) is 0.604. The molecule has 0 fully saturated rings. The van der Waals surface area contributed by atoms with Crippen molar-refractivity contribution in [2.24, 2.45) is 0 Å². The maximum Gasteiger partial charge on any atom is 0.119 e. The highest BCUT2D eigenvalue weighted by atomic mass is 79.9. The van der Waals surface area contributed by atoms with Gasteiger partial charge in [-0.25, -0.2) is 5.43 Å². The lowest BCUT2D eigenvalue weighted by molar-refractivity contribution is 0.344. The van der Waals surface area contributed by atoms with E-state index in [2.05, 4.69) is 32.8 Å². The number of anilines is 1. The second kappa shape index (κ2) is 7.81. The molecule has 0 saturated carbocycles.